The van der Waals surface area contributed by atoms with Crippen LogP contribution < -0.4 is 5.32 Å². The number of ether oxygens (including phenoxy) is 2. The van der Waals surface area contributed by atoms with Crippen molar-refractivity contribution in [2.45, 2.75) is 11.7 Å². The second-order valence-electron chi connectivity index (χ2n) is 4.41. The third-order valence-corrected chi connectivity index (χ3v) is 4.45. The molecule has 2 atom stereocenters. The molecule has 0 aromatic heterocycles. The summed E-state index contributed by atoms with van der Waals surface area (Å²) in [5.41, 5.74) is -0.758. The number of nitrogens with one attached hydrogen (secondary N) is 1. The number of sulfonamides is 1. The number of carbonyl (C=O) groups excluding carboxylic acids is 1. The van der Waals surface area contributed by atoms with Crippen molar-refractivity contribution in [2.24, 2.45) is 0 Å². The predicted molar refractivity (Wildman–Crippen MR) is 58.9 cm³/mol. The van der Waals surface area contributed by atoms with Gasteiger partial charge >= 0.3 is 0 Å². The average Bonchev–Trinajstić information content (AvgIpc) is 2.61. The molecule has 1 spiro atoms. The fraction of sp³-hybridized carbons (Fsp3) is 0.889. The van der Waals surface area contributed by atoms with E-state index in [-0.39, 0.29) is 38.3 Å². The van der Waals surface area contributed by atoms with Crippen LogP contribution in [0, 0.1) is 0 Å². The van der Waals surface area contributed by atoms with Gasteiger partial charge in [0.25, 0.3) is 0 Å². The molecule has 0 radical (unpaired) electrons. The first kappa shape index (κ1) is 12.7. The van der Waals surface area contributed by atoms with Crippen molar-refractivity contribution in [2.75, 3.05) is 39.6 Å². The largest absolute Gasteiger partial charge is 0.377 e. The lowest BCUT2D eigenvalue weighted by atomic mass is 9.98. The van der Waals surface area contributed by atoms with Gasteiger partial charge in [0.2, 0.25) is 15.9 Å². The third kappa shape index (κ3) is 2.30. The topological polar surface area (TPSA) is 84.9 Å². The number of methoxy groups -OCH3 is 1. The molecule has 7 nitrogen and oxygen atoms in total. The van der Waals surface area contributed by atoms with Crippen molar-refractivity contribution in [1.29, 1.82) is 0 Å². The van der Waals surface area contributed by atoms with Crippen LogP contribution in [0.4, 0.5) is 0 Å². The van der Waals surface area contributed by atoms with Crippen molar-refractivity contribution >= 4 is 15.9 Å². The summed E-state index contributed by atoms with van der Waals surface area (Å²) in [6, 6.07) is 0. The lowest BCUT2D eigenvalue weighted by Crippen LogP contribution is -2.59. The lowest BCUT2D eigenvalue weighted by molar-refractivity contribution is -0.156. The molecule has 2 aliphatic heterocycles. The summed E-state index contributed by atoms with van der Waals surface area (Å²) in [6.07, 6.45) is 0.790. The van der Waals surface area contributed by atoms with Crippen molar-refractivity contribution in [3.8, 4) is 0 Å². The van der Waals surface area contributed by atoms with Gasteiger partial charge in [-0.15, -0.1) is 0 Å². The molecular formula is C9H16N2O5S. The first-order valence-electron chi connectivity index (χ1n) is 5.26. The van der Waals surface area contributed by atoms with Gasteiger partial charge in [-0.1, -0.05) is 0 Å². The summed E-state index contributed by atoms with van der Waals surface area (Å²) in [7, 11) is -1.76. The Balaban J connectivity index is 2.19. The smallest absolute Gasteiger partial charge is 0.246 e. The van der Waals surface area contributed by atoms with E-state index in [1.807, 2.05) is 0 Å². The Morgan fingerprint density at radius 3 is 2.76 bits per heavy atom. The lowest BCUT2D eigenvalue weighted by Gasteiger charge is -2.36. The van der Waals surface area contributed by atoms with E-state index in [0.717, 1.165) is 6.26 Å². The van der Waals surface area contributed by atoms with Crippen LogP contribution in [0.15, 0.2) is 0 Å². The highest BCUT2D eigenvalue weighted by atomic mass is 32.2. The molecule has 0 aliphatic carbocycles. The highest BCUT2D eigenvalue weighted by molar-refractivity contribution is 7.88. The minimum atomic E-state index is -3.27. The summed E-state index contributed by atoms with van der Waals surface area (Å²) < 4.78 is 35.2. The Morgan fingerprint density at radius 1 is 1.59 bits per heavy atom. The van der Waals surface area contributed by atoms with Crippen molar-refractivity contribution in [3.05, 3.63) is 0 Å². The Kier molecular flexibility index (Phi) is 3.15. The second kappa shape index (κ2) is 4.20. The van der Waals surface area contributed by atoms with Crippen LogP contribution >= 0.6 is 0 Å². The minimum absolute atomic E-state index is 0.0581. The Hall–Kier alpha value is -0.700. The molecule has 2 heterocycles. The van der Waals surface area contributed by atoms with E-state index >= 15 is 0 Å². The van der Waals surface area contributed by atoms with Crippen LogP contribution in [0.25, 0.3) is 0 Å². The number of morpholine rings is 1. The van der Waals surface area contributed by atoms with Crippen LogP contribution in [-0.4, -0.2) is 69.9 Å². The maximum Gasteiger partial charge on any atom is 0.246 e. The van der Waals surface area contributed by atoms with E-state index in [0.29, 0.717) is 0 Å². The van der Waals surface area contributed by atoms with E-state index in [4.69, 9.17) is 9.47 Å². The zero-order chi connectivity index (χ0) is 12.7. The zero-order valence-electron chi connectivity index (χ0n) is 9.80. The molecular weight excluding hydrogens is 248 g/mol. The minimum Gasteiger partial charge on any atom is -0.377 e. The molecule has 1 amide bonds. The number of hydrogen-bond acceptors (Lipinski definition) is 5. The van der Waals surface area contributed by atoms with E-state index in [9.17, 15) is 13.2 Å². The molecule has 0 unspecified atom stereocenters. The molecule has 0 aromatic rings. The normalized spacial score (nSPS) is 35.2. The number of rotatable bonds is 2. The summed E-state index contributed by atoms with van der Waals surface area (Å²) in [5.74, 6) is -0.191. The van der Waals surface area contributed by atoms with E-state index in [1.54, 1.807) is 0 Å². The van der Waals surface area contributed by atoms with Crippen molar-refractivity contribution in [1.82, 2.24) is 9.62 Å². The van der Waals surface area contributed by atoms with Gasteiger partial charge in [0.1, 0.15) is 18.3 Å². The van der Waals surface area contributed by atoms with Gasteiger partial charge in [-0.25, -0.2) is 8.42 Å². The van der Waals surface area contributed by atoms with Crippen LogP contribution in [0.1, 0.15) is 0 Å². The van der Waals surface area contributed by atoms with Gasteiger partial charge < -0.3 is 14.8 Å². The summed E-state index contributed by atoms with van der Waals surface area (Å²) in [6.45, 7) is 0.684. The van der Waals surface area contributed by atoms with Crippen molar-refractivity contribution in [3.63, 3.8) is 0 Å². The van der Waals surface area contributed by atoms with Crippen molar-refractivity contribution < 1.29 is 22.7 Å². The molecule has 0 aromatic carbocycles. The van der Waals surface area contributed by atoms with Gasteiger partial charge in [0, 0.05) is 20.2 Å². The predicted octanol–water partition coefficient (Wildman–Crippen LogP) is -1.84. The first-order valence-corrected chi connectivity index (χ1v) is 7.11. The third-order valence-electron chi connectivity index (χ3n) is 3.23. The van der Waals surface area contributed by atoms with Gasteiger partial charge in [-0.3, -0.25) is 4.79 Å². The fourth-order valence-corrected chi connectivity index (χ4v) is 3.09. The van der Waals surface area contributed by atoms with Gasteiger partial charge in [0.15, 0.2) is 0 Å². The van der Waals surface area contributed by atoms with Crippen LogP contribution in [0.5, 0.6) is 0 Å². The molecule has 2 saturated heterocycles. The zero-order valence-corrected chi connectivity index (χ0v) is 10.6. The quantitative estimate of drug-likeness (QED) is 0.633. The molecule has 0 bridgehead atoms. The maximum atomic E-state index is 11.5. The maximum absolute atomic E-state index is 11.5. The van der Waals surface area contributed by atoms with Crippen LogP contribution in [-0.2, 0) is 24.3 Å². The molecule has 17 heavy (non-hydrogen) atoms. The summed E-state index contributed by atoms with van der Waals surface area (Å²) in [4.78, 5) is 11.1. The molecule has 1 N–H and O–H groups in total. The number of hydrogen-bond donors (Lipinski definition) is 1. The summed E-state index contributed by atoms with van der Waals surface area (Å²) in [5, 5.41) is 2.69. The SMILES string of the molecule is CO[C@H]1CN(S(C)(=O)=O)C[C@]12CNC(=O)CO2. The average molecular weight is 264 g/mol. The van der Waals surface area contributed by atoms with E-state index < -0.39 is 15.6 Å². The highest BCUT2D eigenvalue weighted by Crippen LogP contribution is 2.30. The number of carbonyl (C=O) groups is 1. The number of nitrogens with zero attached hydrogens (tertiary/aromatic N) is 1. The number of amides is 1. The van der Waals surface area contributed by atoms with E-state index in [2.05, 4.69) is 5.32 Å². The van der Waals surface area contributed by atoms with Crippen LogP contribution in [0.3, 0.4) is 0 Å². The molecule has 2 aliphatic rings. The highest BCUT2D eigenvalue weighted by Gasteiger charge is 2.52. The van der Waals surface area contributed by atoms with Crippen LogP contribution in [0.2, 0.25) is 0 Å². The molecule has 0 saturated carbocycles. The van der Waals surface area contributed by atoms with Gasteiger partial charge in [0.05, 0.1) is 12.8 Å². The Morgan fingerprint density at radius 2 is 2.29 bits per heavy atom. The van der Waals surface area contributed by atoms with Gasteiger partial charge in [-0.05, 0) is 0 Å². The molecule has 2 rings (SSSR count). The molecule has 98 valence electrons. The summed E-state index contributed by atoms with van der Waals surface area (Å²) >= 11 is 0. The monoisotopic (exact) mass is 264 g/mol. The Bertz CT molecular complexity index is 411. The Labute approximate surface area is 100 Å². The standard InChI is InChI=1S/C9H16N2O5S/c1-15-7-3-11(17(2,13)14)6-9(7)5-10-8(12)4-16-9/h7H,3-6H2,1-2H3,(H,10,12)/t7-,9+/m0/s1. The van der Waals surface area contributed by atoms with Gasteiger partial charge in [-0.2, -0.15) is 4.31 Å². The fourth-order valence-electron chi connectivity index (χ4n) is 2.23. The second-order valence-corrected chi connectivity index (χ2v) is 6.39. The van der Waals surface area contributed by atoms with E-state index in [1.165, 1.54) is 11.4 Å². The molecule has 8 heteroatoms. The first-order chi connectivity index (χ1) is 7.87. The molecule has 2 fully saturated rings.